The van der Waals surface area contributed by atoms with E-state index in [9.17, 15) is 0 Å². The lowest BCUT2D eigenvalue weighted by molar-refractivity contribution is -0.144. The first-order valence-electron chi connectivity index (χ1n) is 3.98. The molecule has 2 aliphatic carbocycles. The highest BCUT2D eigenvalue weighted by Gasteiger charge is 2.51. The van der Waals surface area contributed by atoms with Crippen LogP contribution < -0.4 is 0 Å². The third-order valence-electron chi connectivity index (χ3n) is 3.17. The number of rotatable bonds is 0. The minimum atomic E-state index is 0.322. The first-order valence-corrected chi connectivity index (χ1v) is 3.98. The van der Waals surface area contributed by atoms with Gasteiger partial charge in [-0.1, -0.05) is 12.2 Å². The Balaban J connectivity index is 1.96. The second-order valence-electron chi connectivity index (χ2n) is 3.62. The fraction of sp³-hybridized carbons (Fsp3) is 0.714. The first-order chi connectivity index (χ1) is 5.29. The zero-order valence-corrected chi connectivity index (χ0v) is 6.07. The van der Waals surface area contributed by atoms with Gasteiger partial charge in [0.25, 0.3) is 0 Å². The second-order valence-corrected chi connectivity index (χ2v) is 3.62. The summed E-state index contributed by atoms with van der Waals surface area (Å²) in [5.74, 6) is 16.0. The summed E-state index contributed by atoms with van der Waals surface area (Å²) in [5, 5.41) is 2.61. The molecule has 0 aromatic heterocycles. The summed E-state index contributed by atoms with van der Waals surface area (Å²) in [4.78, 5) is 0. The number of hydrogen-bond donors (Lipinski definition) is 0. The van der Waals surface area contributed by atoms with Crippen molar-refractivity contribution < 1.29 is 0 Å². The molecule has 1 aliphatic heterocycles. The Morgan fingerprint density at radius 2 is 1.45 bits per heavy atom. The predicted octanol–water partition coefficient (Wildman–Crippen LogP) is 1.40. The lowest BCUT2D eigenvalue weighted by Gasteiger charge is -2.66. The van der Waals surface area contributed by atoms with Gasteiger partial charge in [-0.15, -0.1) is 0 Å². The standard InChI is InChI=1S/C7H10N4/c8-10-6-4-1-2-5(3-4)7(6)11(10)9/h1-2,4-9H,3H2/q-2. The molecule has 0 aromatic rings. The van der Waals surface area contributed by atoms with Crippen molar-refractivity contribution in [2.24, 2.45) is 11.8 Å². The second kappa shape index (κ2) is 1.67. The van der Waals surface area contributed by atoms with E-state index in [2.05, 4.69) is 12.2 Å². The lowest BCUT2D eigenvalue weighted by Crippen LogP contribution is -2.66. The highest BCUT2D eigenvalue weighted by atomic mass is 15.9. The minimum Gasteiger partial charge on any atom is -0.596 e. The summed E-state index contributed by atoms with van der Waals surface area (Å²) in [7, 11) is 0. The number of nitrogens with one attached hydrogen (secondary N) is 2. The molecule has 4 unspecified atom stereocenters. The van der Waals surface area contributed by atoms with E-state index >= 15 is 0 Å². The van der Waals surface area contributed by atoms with Gasteiger partial charge in [-0.05, 0) is 18.3 Å². The van der Waals surface area contributed by atoms with Crippen molar-refractivity contribution in [2.45, 2.75) is 18.5 Å². The molecule has 0 radical (unpaired) electrons. The summed E-state index contributed by atoms with van der Waals surface area (Å²) < 4.78 is 0. The molecule has 2 N–H and O–H groups in total. The molecule has 1 heterocycles. The normalized spacial score (nSPS) is 54.7. The molecular formula is C7H10N4-2. The maximum absolute atomic E-state index is 7.44. The average Bonchev–Trinajstić information content (AvgIpc) is 2.58. The van der Waals surface area contributed by atoms with Gasteiger partial charge < -0.3 is 21.9 Å². The Morgan fingerprint density at radius 3 is 1.91 bits per heavy atom. The fourth-order valence-electron chi connectivity index (χ4n) is 2.64. The highest BCUT2D eigenvalue weighted by Crippen LogP contribution is 2.50. The van der Waals surface area contributed by atoms with E-state index < -0.39 is 0 Å². The van der Waals surface area contributed by atoms with Gasteiger partial charge in [0.05, 0.1) is 0 Å². The molecule has 11 heavy (non-hydrogen) atoms. The summed E-state index contributed by atoms with van der Waals surface area (Å²) in [5.41, 5.74) is 0. The van der Waals surface area contributed by atoms with Crippen LogP contribution in [0.15, 0.2) is 12.2 Å². The van der Waals surface area contributed by atoms with Crippen LogP contribution in [0.1, 0.15) is 6.42 Å². The predicted molar refractivity (Wildman–Crippen MR) is 40.6 cm³/mol. The number of fused-ring (bicyclic) bond motifs is 5. The quantitative estimate of drug-likeness (QED) is 0.490. The van der Waals surface area contributed by atoms with E-state index in [-0.39, 0.29) is 0 Å². The van der Waals surface area contributed by atoms with Gasteiger partial charge in [0.1, 0.15) is 0 Å². The third-order valence-corrected chi connectivity index (χ3v) is 3.17. The third kappa shape index (κ3) is 0.519. The van der Waals surface area contributed by atoms with E-state index in [1.807, 2.05) is 0 Å². The minimum absolute atomic E-state index is 0.322. The molecule has 0 amide bonds. The number of hydrogen-bond acceptors (Lipinski definition) is 2. The molecule has 4 atom stereocenters. The van der Waals surface area contributed by atoms with Crippen molar-refractivity contribution >= 4 is 0 Å². The molecule has 3 aliphatic rings. The molecule has 1 saturated heterocycles. The highest BCUT2D eigenvalue weighted by molar-refractivity contribution is 5.23. The molecule has 60 valence electrons. The first kappa shape index (κ1) is 6.14. The Bertz CT molecular complexity index is 204. The summed E-state index contributed by atoms with van der Waals surface area (Å²) in [6, 6.07) is 0.644. The van der Waals surface area contributed by atoms with Crippen LogP contribution in [0.3, 0.4) is 0 Å². The van der Waals surface area contributed by atoms with E-state index in [0.717, 1.165) is 0 Å². The maximum Gasteiger partial charge on any atom is 0.0258 e. The largest absolute Gasteiger partial charge is 0.596 e. The van der Waals surface area contributed by atoms with E-state index in [1.165, 1.54) is 16.7 Å². The summed E-state index contributed by atoms with van der Waals surface area (Å²) in [6.07, 6.45) is 5.58. The van der Waals surface area contributed by atoms with Crippen molar-refractivity contribution in [1.29, 1.82) is 0 Å². The number of nitrogens with zero attached hydrogens (tertiary/aromatic N) is 2. The maximum atomic E-state index is 7.44. The zero-order valence-electron chi connectivity index (χ0n) is 6.07. The van der Waals surface area contributed by atoms with Gasteiger partial charge in [0, 0.05) is 12.1 Å². The summed E-state index contributed by atoms with van der Waals surface area (Å²) >= 11 is 0. The fourth-order valence-corrected chi connectivity index (χ4v) is 2.64. The van der Waals surface area contributed by atoms with Crippen molar-refractivity contribution in [1.82, 2.24) is 10.2 Å². The van der Waals surface area contributed by atoms with Crippen LogP contribution in [0, 0.1) is 11.8 Å². The Hall–Kier alpha value is -0.420. The molecule has 2 bridgehead atoms. The van der Waals surface area contributed by atoms with Gasteiger partial charge >= 0.3 is 0 Å². The van der Waals surface area contributed by atoms with E-state index in [1.54, 1.807) is 0 Å². The monoisotopic (exact) mass is 150 g/mol. The topological polar surface area (TPSA) is 54.1 Å². The summed E-state index contributed by atoms with van der Waals surface area (Å²) in [6.45, 7) is 0. The van der Waals surface area contributed by atoms with Gasteiger partial charge in [-0.2, -0.15) is 0 Å². The Labute approximate surface area is 65.3 Å². The van der Waals surface area contributed by atoms with Gasteiger partial charge in [-0.25, -0.2) is 0 Å². The van der Waals surface area contributed by atoms with Gasteiger partial charge in [0.15, 0.2) is 0 Å². The smallest absolute Gasteiger partial charge is 0.0258 e. The molecule has 4 heteroatoms. The van der Waals surface area contributed by atoms with Crippen LogP contribution >= 0.6 is 0 Å². The van der Waals surface area contributed by atoms with Gasteiger partial charge in [0.2, 0.25) is 0 Å². The molecule has 2 fully saturated rings. The van der Waals surface area contributed by atoms with Crippen LogP contribution in [0.5, 0.6) is 0 Å². The van der Waals surface area contributed by atoms with Crippen molar-refractivity contribution in [3.63, 3.8) is 0 Å². The van der Waals surface area contributed by atoms with Crippen LogP contribution in [-0.4, -0.2) is 22.3 Å². The SMILES string of the molecule is [NH-]N1C2C3C=CC(C3)C2N1[NH-]. The molecule has 3 rings (SSSR count). The molecule has 1 saturated carbocycles. The number of hydrazine groups is 1. The van der Waals surface area contributed by atoms with Crippen LogP contribution in [0.2, 0.25) is 0 Å². The molecule has 0 spiro atoms. The van der Waals surface area contributed by atoms with Crippen LogP contribution in [0.4, 0.5) is 0 Å². The Morgan fingerprint density at radius 1 is 1.00 bits per heavy atom. The zero-order chi connectivity index (χ0) is 7.59. The lowest BCUT2D eigenvalue weighted by atomic mass is 9.93. The van der Waals surface area contributed by atoms with Crippen LogP contribution in [-0.2, 0) is 0 Å². The Kier molecular flexibility index (Phi) is 0.929. The average molecular weight is 150 g/mol. The van der Waals surface area contributed by atoms with E-state index in [4.69, 9.17) is 11.7 Å². The van der Waals surface area contributed by atoms with Crippen molar-refractivity contribution in [2.75, 3.05) is 0 Å². The van der Waals surface area contributed by atoms with Crippen molar-refractivity contribution in [3.8, 4) is 0 Å². The molecule has 4 nitrogen and oxygen atoms in total. The molecule has 0 aromatic carbocycles. The molecular weight excluding hydrogens is 140 g/mol. The van der Waals surface area contributed by atoms with Gasteiger partial charge in [-0.3, -0.25) is 0 Å². The van der Waals surface area contributed by atoms with Crippen molar-refractivity contribution in [3.05, 3.63) is 23.8 Å². The van der Waals surface area contributed by atoms with E-state index in [0.29, 0.717) is 23.9 Å². The van der Waals surface area contributed by atoms with Crippen LogP contribution in [0.25, 0.3) is 11.7 Å².